The van der Waals surface area contributed by atoms with Crippen LogP contribution in [0.2, 0.25) is 5.15 Å². The lowest BCUT2D eigenvalue weighted by Gasteiger charge is -2.06. The summed E-state index contributed by atoms with van der Waals surface area (Å²) < 4.78 is 11.3. The summed E-state index contributed by atoms with van der Waals surface area (Å²) in [7, 11) is 0. The standard InChI is InChI=1S/C16H14ClN3O2S/c1-2-21-13-6-4-3-5-12(13)15-19-20-16(22-15)23-10-11-7-8-14(17)18-9-11/h3-9H,2,10H2,1H3. The number of pyridine rings is 1. The van der Waals surface area contributed by atoms with Crippen LogP contribution < -0.4 is 4.74 Å². The van der Waals surface area contributed by atoms with Crippen LogP contribution >= 0.6 is 23.4 Å². The largest absolute Gasteiger partial charge is 0.493 e. The number of para-hydroxylation sites is 1. The van der Waals surface area contributed by atoms with Gasteiger partial charge in [0, 0.05) is 11.9 Å². The van der Waals surface area contributed by atoms with Crippen LogP contribution in [0.3, 0.4) is 0 Å². The first-order chi connectivity index (χ1) is 11.3. The van der Waals surface area contributed by atoms with E-state index in [1.54, 1.807) is 12.3 Å². The fourth-order valence-electron chi connectivity index (χ4n) is 1.94. The maximum atomic E-state index is 5.77. The Hall–Kier alpha value is -2.05. The van der Waals surface area contributed by atoms with Crippen molar-refractivity contribution in [3.05, 3.63) is 53.3 Å². The topological polar surface area (TPSA) is 61.0 Å². The van der Waals surface area contributed by atoms with Crippen LogP contribution in [0.15, 0.2) is 52.2 Å². The second kappa shape index (κ2) is 7.48. The van der Waals surface area contributed by atoms with Crippen molar-refractivity contribution >= 4 is 23.4 Å². The Morgan fingerprint density at radius 2 is 2.04 bits per heavy atom. The van der Waals surface area contributed by atoms with E-state index in [4.69, 9.17) is 20.8 Å². The Morgan fingerprint density at radius 3 is 2.83 bits per heavy atom. The zero-order valence-electron chi connectivity index (χ0n) is 12.4. The quantitative estimate of drug-likeness (QED) is 0.484. The third kappa shape index (κ3) is 4.03. The molecular formula is C16H14ClN3O2S. The van der Waals surface area contributed by atoms with E-state index in [9.17, 15) is 0 Å². The highest BCUT2D eigenvalue weighted by Crippen LogP contribution is 2.31. The molecule has 2 aromatic heterocycles. The van der Waals surface area contributed by atoms with Crippen LogP contribution in [0.25, 0.3) is 11.5 Å². The first kappa shape index (κ1) is 15.8. The van der Waals surface area contributed by atoms with Gasteiger partial charge in [0.25, 0.3) is 11.1 Å². The van der Waals surface area contributed by atoms with Crippen LogP contribution in [0.1, 0.15) is 12.5 Å². The molecule has 0 spiro atoms. The van der Waals surface area contributed by atoms with Crippen LogP contribution in [0, 0.1) is 0 Å². The van der Waals surface area contributed by atoms with Crippen molar-refractivity contribution in [2.24, 2.45) is 0 Å². The summed E-state index contributed by atoms with van der Waals surface area (Å²) in [5.41, 5.74) is 1.83. The average molecular weight is 348 g/mol. The molecule has 0 saturated carbocycles. The van der Waals surface area contributed by atoms with Gasteiger partial charge in [0.2, 0.25) is 0 Å². The zero-order valence-corrected chi connectivity index (χ0v) is 14.0. The molecule has 118 valence electrons. The number of halogens is 1. The maximum absolute atomic E-state index is 5.77. The van der Waals surface area contributed by atoms with E-state index >= 15 is 0 Å². The highest BCUT2D eigenvalue weighted by molar-refractivity contribution is 7.98. The normalized spacial score (nSPS) is 10.7. The van der Waals surface area contributed by atoms with Crippen molar-refractivity contribution < 1.29 is 9.15 Å². The lowest BCUT2D eigenvalue weighted by molar-refractivity contribution is 0.340. The highest BCUT2D eigenvalue weighted by atomic mass is 35.5. The fraction of sp³-hybridized carbons (Fsp3) is 0.188. The Labute approximate surface area is 143 Å². The summed E-state index contributed by atoms with van der Waals surface area (Å²) in [6.45, 7) is 2.52. The average Bonchev–Trinajstić information content (AvgIpc) is 3.04. The van der Waals surface area contributed by atoms with Gasteiger partial charge in [-0.25, -0.2) is 4.98 Å². The molecule has 3 aromatic rings. The summed E-state index contributed by atoms with van der Waals surface area (Å²) in [4.78, 5) is 4.05. The molecule has 0 saturated heterocycles. The first-order valence-electron chi connectivity index (χ1n) is 7.05. The number of ether oxygens (including phenoxy) is 1. The Kier molecular flexibility index (Phi) is 5.15. The van der Waals surface area contributed by atoms with Crippen LogP contribution in [0.4, 0.5) is 0 Å². The molecule has 0 aliphatic rings. The second-order valence-corrected chi connectivity index (χ2v) is 5.89. The molecule has 5 nitrogen and oxygen atoms in total. The minimum Gasteiger partial charge on any atom is -0.493 e. The van der Waals surface area contributed by atoms with Gasteiger partial charge < -0.3 is 9.15 Å². The van der Waals surface area contributed by atoms with E-state index in [1.165, 1.54) is 11.8 Å². The predicted molar refractivity (Wildman–Crippen MR) is 89.7 cm³/mol. The third-order valence-electron chi connectivity index (χ3n) is 2.97. The van der Waals surface area contributed by atoms with Crippen LogP contribution in [0.5, 0.6) is 5.75 Å². The zero-order chi connectivity index (χ0) is 16.1. The smallest absolute Gasteiger partial charge is 0.277 e. The molecule has 0 unspecified atom stereocenters. The lowest BCUT2D eigenvalue weighted by Crippen LogP contribution is -1.93. The van der Waals surface area contributed by atoms with E-state index in [0.29, 0.717) is 28.6 Å². The number of hydrogen-bond acceptors (Lipinski definition) is 6. The summed E-state index contributed by atoms with van der Waals surface area (Å²) >= 11 is 7.22. The van der Waals surface area contributed by atoms with Crippen LogP contribution in [-0.4, -0.2) is 21.8 Å². The molecule has 0 bridgehead atoms. The van der Waals surface area contributed by atoms with Gasteiger partial charge in [-0.05, 0) is 30.7 Å². The van der Waals surface area contributed by atoms with Crippen molar-refractivity contribution in [1.29, 1.82) is 0 Å². The van der Waals surface area contributed by atoms with Crippen molar-refractivity contribution in [1.82, 2.24) is 15.2 Å². The number of hydrogen-bond donors (Lipinski definition) is 0. The SMILES string of the molecule is CCOc1ccccc1-c1nnc(SCc2ccc(Cl)nc2)o1. The van der Waals surface area contributed by atoms with E-state index in [-0.39, 0.29) is 0 Å². The van der Waals surface area contributed by atoms with Gasteiger partial charge in [-0.15, -0.1) is 10.2 Å². The summed E-state index contributed by atoms with van der Waals surface area (Å²) in [5, 5.41) is 9.15. The lowest BCUT2D eigenvalue weighted by atomic mass is 10.2. The molecule has 7 heteroatoms. The first-order valence-corrected chi connectivity index (χ1v) is 8.41. The molecule has 0 N–H and O–H groups in total. The molecule has 23 heavy (non-hydrogen) atoms. The number of thioether (sulfide) groups is 1. The van der Waals surface area contributed by atoms with Gasteiger partial charge in [-0.1, -0.05) is 41.6 Å². The summed E-state index contributed by atoms with van der Waals surface area (Å²) in [6.07, 6.45) is 1.73. The van der Waals surface area contributed by atoms with Crippen LogP contribution in [-0.2, 0) is 5.75 Å². The molecule has 0 radical (unpaired) electrons. The molecule has 0 atom stereocenters. The van der Waals surface area contributed by atoms with Gasteiger partial charge >= 0.3 is 0 Å². The molecule has 0 amide bonds. The Balaban J connectivity index is 1.72. The van der Waals surface area contributed by atoms with Crippen molar-refractivity contribution in [3.63, 3.8) is 0 Å². The fourth-order valence-corrected chi connectivity index (χ4v) is 2.75. The van der Waals surface area contributed by atoms with E-state index in [0.717, 1.165) is 16.9 Å². The number of benzene rings is 1. The maximum Gasteiger partial charge on any atom is 0.277 e. The van der Waals surface area contributed by atoms with Gasteiger partial charge in [0.15, 0.2) is 0 Å². The molecule has 3 rings (SSSR count). The number of nitrogens with zero attached hydrogens (tertiary/aromatic N) is 3. The Morgan fingerprint density at radius 1 is 1.17 bits per heavy atom. The van der Waals surface area contributed by atoms with E-state index in [1.807, 2.05) is 37.3 Å². The second-order valence-electron chi connectivity index (χ2n) is 4.58. The molecule has 0 aliphatic heterocycles. The van der Waals surface area contributed by atoms with Gasteiger partial charge in [0.1, 0.15) is 10.9 Å². The molecule has 1 aromatic carbocycles. The minimum atomic E-state index is 0.450. The predicted octanol–water partition coefficient (Wildman–Crippen LogP) is 4.48. The highest BCUT2D eigenvalue weighted by Gasteiger charge is 2.13. The molecular weight excluding hydrogens is 334 g/mol. The third-order valence-corrected chi connectivity index (χ3v) is 4.09. The summed E-state index contributed by atoms with van der Waals surface area (Å²) in [6, 6.07) is 11.3. The number of rotatable bonds is 6. The van der Waals surface area contributed by atoms with E-state index in [2.05, 4.69) is 15.2 Å². The van der Waals surface area contributed by atoms with Crippen molar-refractivity contribution in [2.75, 3.05) is 6.61 Å². The van der Waals surface area contributed by atoms with Gasteiger partial charge in [0.05, 0.1) is 12.2 Å². The number of aromatic nitrogens is 3. The molecule has 0 fully saturated rings. The van der Waals surface area contributed by atoms with Crippen molar-refractivity contribution in [3.8, 4) is 17.2 Å². The van der Waals surface area contributed by atoms with Gasteiger partial charge in [-0.3, -0.25) is 0 Å². The van der Waals surface area contributed by atoms with Crippen molar-refractivity contribution in [2.45, 2.75) is 17.9 Å². The molecule has 2 heterocycles. The van der Waals surface area contributed by atoms with Gasteiger partial charge in [-0.2, -0.15) is 0 Å². The minimum absolute atomic E-state index is 0.450. The Bertz CT molecular complexity index is 777. The summed E-state index contributed by atoms with van der Waals surface area (Å²) in [5.74, 6) is 1.86. The monoisotopic (exact) mass is 347 g/mol. The van der Waals surface area contributed by atoms with E-state index < -0.39 is 0 Å². The molecule has 0 aliphatic carbocycles.